The molecule has 0 aliphatic heterocycles. The Kier molecular flexibility index (Phi) is 2.84. The van der Waals surface area contributed by atoms with Crippen molar-refractivity contribution in [3.63, 3.8) is 0 Å². The predicted octanol–water partition coefficient (Wildman–Crippen LogP) is 2.67. The Balaban J connectivity index is 1.98. The van der Waals surface area contributed by atoms with Crippen molar-refractivity contribution in [1.82, 2.24) is 0 Å². The van der Waals surface area contributed by atoms with E-state index in [0.29, 0.717) is 11.8 Å². The summed E-state index contributed by atoms with van der Waals surface area (Å²) >= 11 is 0. The van der Waals surface area contributed by atoms with Crippen molar-refractivity contribution in [2.45, 2.75) is 38.2 Å². The minimum atomic E-state index is -0.0464. The fraction of sp³-hybridized carbons (Fsp3) is 0.667. The van der Waals surface area contributed by atoms with Crippen molar-refractivity contribution >= 4 is 0 Å². The lowest BCUT2D eigenvalue weighted by Crippen LogP contribution is -2.30. The Labute approximate surface area is 80.2 Å². The van der Waals surface area contributed by atoms with Crippen LogP contribution in [0.1, 0.15) is 32.1 Å². The van der Waals surface area contributed by atoms with Gasteiger partial charge in [0.05, 0.1) is 6.10 Å². The van der Waals surface area contributed by atoms with E-state index in [-0.39, 0.29) is 6.10 Å². The van der Waals surface area contributed by atoms with Crippen LogP contribution < -0.4 is 0 Å². The molecule has 0 spiro atoms. The summed E-state index contributed by atoms with van der Waals surface area (Å²) < 4.78 is 0. The molecular formula is C12H18O. The van der Waals surface area contributed by atoms with Crippen molar-refractivity contribution in [2.75, 3.05) is 0 Å². The zero-order valence-corrected chi connectivity index (χ0v) is 8.02. The third-order valence-electron chi connectivity index (χ3n) is 3.35. The smallest absolute Gasteiger partial charge is 0.0574 e. The van der Waals surface area contributed by atoms with E-state index in [9.17, 15) is 5.11 Å². The van der Waals surface area contributed by atoms with Gasteiger partial charge in [-0.25, -0.2) is 0 Å². The molecule has 0 radical (unpaired) electrons. The molecule has 1 nitrogen and oxygen atoms in total. The van der Waals surface area contributed by atoms with Crippen LogP contribution >= 0.6 is 0 Å². The van der Waals surface area contributed by atoms with Gasteiger partial charge in [-0.05, 0) is 31.1 Å². The quantitative estimate of drug-likeness (QED) is 0.654. The van der Waals surface area contributed by atoms with Gasteiger partial charge < -0.3 is 5.11 Å². The molecule has 1 fully saturated rings. The van der Waals surface area contributed by atoms with Crippen LogP contribution in [-0.2, 0) is 0 Å². The molecule has 0 bridgehead atoms. The number of hydrogen-bond donors (Lipinski definition) is 1. The van der Waals surface area contributed by atoms with E-state index in [1.807, 2.05) is 0 Å². The highest BCUT2D eigenvalue weighted by molar-refractivity contribution is 5.12. The van der Waals surface area contributed by atoms with Crippen LogP contribution in [0.3, 0.4) is 0 Å². The molecule has 0 aromatic rings. The maximum absolute atomic E-state index is 9.86. The van der Waals surface area contributed by atoms with Gasteiger partial charge in [0, 0.05) is 0 Å². The van der Waals surface area contributed by atoms with Crippen molar-refractivity contribution in [1.29, 1.82) is 0 Å². The van der Waals surface area contributed by atoms with Crippen LogP contribution in [0.15, 0.2) is 24.3 Å². The van der Waals surface area contributed by atoms with Gasteiger partial charge in [0.25, 0.3) is 0 Å². The van der Waals surface area contributed by atoms with Crippen molar-refractivity contribution in [2.24, 2.45) is 11.8 Å². The zero-order chi connectivity index (χ0) is 9.10. The van der Waals surface area contributed by atoms with E-state index >= 15 is 0 Å². The van der Waals surface area contributed by atoms with E-state index < -0.39 is 0 Å². The summed E-state index contributed by atoms with van der Waals surface area (Å²) in [5.74, 6) is 1.12. The van der Waals surface area contributed by atoms with Gasteiger partial charge in [0.15, 0.2) is 0 Å². The highest BCUT2D eigenvalue weighted by atomic mass is 16.3. The summed E-state index contributed by atoms with van der Waals surface area (Å²) in [4.78, 5) is 0. The lowest BCUT2D eigenvalue weighted by atomic mass is 9.75. The Morgan fingerprint density at radius 2 is 1.92 bits per heavy atom. The standard InChI is InChI=1S/C12H18O/c13-12-9-5-4-8-11(12)10-6-2-1-3-7-10/h1-3,6,10-13H,4-5,7-9H2/t10?,11-,12+/m1/s1. The van der Waals surface area contributed by atoms with E-state index in [1.165, 1.54) is 19.3 Å². The van der Waals surface area contributed by atoms with E-state index in [2.05, 4.69) is 24.3 Å². The molecule has 13 heavy (non-hydrogen) atoms. The molecule has 1 unspecified atom stereocenters. The topological polar surface area (TPSA) is 20.2 Å². The SMILES string of the molecule is O[C@H]1CCCC[C@@H]1C1C=CC=CC1. The second-order valence-corrected chi connectivity index (χ2v) is 4.23. The van der Waals surface area contributed by atoms with E-state index in [1.54, 1.807) is 0 Å². The van der Waals surface area contributed by atoms with Gasteiger partial charge in [0.1, 0.15) is 0 Å². The molecule has 0 aromatic heterocycles. The van der Waals surface area contributed by atoms with E-state index in [4.69, 9.17) is 0 Å². The summed E-state index contributed by atoms with van der Waals surface area (Å²) in [5, 5.41) is 9.86. The molecule has 0 saturated heterocycles. The van der Waals surface area contributed by atoms with Crippen molar-refractivity contribution in [3.05, 3.63) is 24.3 Å². The van der Waals surface area contributed by atoms with Gasteiger partial charge in [-0.1, -0.05) is 37.1 Å². The normalized spacial score (nSPS) is 39.3. The molecule has 1 N–H and O–H groups in total. The third-order valence-corrected chi connectivity index (χ3v) is 3.35. The lowest BCUT2D eigenvalue weighted by molar-refractivity contribution is 0.0483. The molecule has 3 atom stereocenters. The molecule has 1 saturated carbocycles. The second kappa shape index (κ2) is 4.10. The minimum Gasteiger partial charge on any atom is -0.393 e. The fourth-order valence-corrected chi connectivity index (χ4v) is 2.56. The predicted molar refractivity (Wildman–Crippen MR) is 54.4 cm³/mol. The first-order valence-electron chi connectivity index (χ1n) is 5.39. The van der Waals surface area contributed by atoms with Gasteiger partial charge in [-0.3, -0.25) is 0 Å². The van der Waals surface area contributed by atoms with Crippen LogP contribution in [0.5, 0.6) is 0 Å². The van der Waals surface area contributed by atoms with Crippen LogP contribution in [-0.4, -0.2) is 11.2 Å². The highest BCUT2D eigenvalue weighted by Gasteiger charge is 2.28. The number of rotatable bonds is 1. The highest BCUT2D eigenvalue weighted by Crippen LogP contribution is 2.34. The average molecular weight is 178 g/mol. The Bertz CT molecular complexity index is 217. The maximum Gasteiger partial charge on any atom is 0.0574 e. The zero-order valence-electron chi connectivity index (χ0n) is 8.02. The number of hydrogen-bond acceptors (Lipinski definition) is 1. The third kappa shape index (κ3) is 2.02. The molecule has 2 rings (SSSR count). The molecule has 0 amide bonds. The largest absolute Gasteiger partial charge is 0.393 e. The van der Waals surface area contributed by atoms with Gasteiger partial charge in [-0.15, -0.1) is 0 Å². The summed E-state index contributed by atoms with van der Waals surface area (Å²) in [7, 11) is 0. The van der Waals surface area contributed by atoms with E-state index in [0.717, 1.165) is 12.8 Å². The summed E-state index contributed by atoms with van der Waals surface area (Å²) in [5.41, 5.74) is 0. The first kappa shape index (κ1) is 9.01. The van der Waals surface area contributed by atoms with Crippen LogP contribution in [0.2, 0.25) is 0 Å². The van der Waals surface area contributed by atoms with Crippen LogP contribution in [0.4, 0.5) is 0 Å². The molecule has 0 heterocycles. The molecule has 0 aromatic carbocycles. The molecule has 2 aliphatic rings. The first-order valence-corrected chi connectivity index (χ1v) is 5.39. The van der Waals surface area contributed by atoms with Crippen molar-refractivity contribution in [3.8, 4) is 0 Å². The monoisotopic (exact) mass is 178 g/mol. The fourth-order valence-electron chi connectivity index (χ4n) is 2.56. The lowest BCUT2D eigenvalue weighted by Gasteiger charge is -2.33. The summed E-state index contributed by atoms with van der Waals surface area (Å²) in [6.07, 6.45) is 14.5. The minimum absolute atomic E-state index is 0.0464. The number of aliphatic hydroxyl groups excluding tert-OH is 1. The number of allylic oxidation sites excluding steroid dienone is 4. The second-order valence-electron chi connectivity index (χ2n) is 4.23. The van der Waals surface area contributed by atoms with Crippen molar-refractivity contribution < 1.29 is 5.11 Å². The first-order chi connectivity index (χ1) is 6.38. The van der Waals surface area contributed by atoms with Gasteiger partial charge >= 0.3 is 0 Å². The average Bonchev–Trinajstić information content (AvgIpc) is 2.20. The molecule has 72 valence electrons. The number of aliphatic hydroxyl groups is 1. The molecule has 2 aliphatic carbocycles. The van der Waals surface area contributed by atoms with Gasteiger partial charge in [-0.2, -0.15) is 0 Å². The van der Waals surface area contributed by atoms with Crippen LogP contribution in [0.25, 0.3) is 0 Å². The molecular weight excluding hydrogens is 160 g/mol. The Morgan fingerprint density at radius 1 is 1.08 bits per heavy atom. The summed E-state index contributed by atoms with van der Waals surface area (Å²) in [6, 6.07) is 0. The Morgan fingerprint density at radius 3 is 2.62 bits per heavy atom. The summed E-state index contributed by atoms with van der Waals surface area (Å²) in [6.45, 7) is 0. The maximum atomic E-state index is 9.86. The van der Waals surface area contributed by atoms with Crippen LogP contribution in [0, 0.1) is 11.8 Å². The molecule has 1 heteroatoms. The Hall–Kier alpha value is -0.560. The van der Waals surface area contributed by atoms with Gasteiger partial charge in [0.2, 0.25) is 0 Å².